The van der Waals surface area contributed by atoms with Crippen LogP contribution in [0.2, 0.25) is 0 Å². The number of hydrogen-bond donors (Lipinski definition) is 3. The predicted octanol–water partition coefficient (Wildman–Crippen LogP) is 9.32. The summed E-state index contributed by atoms with van der Waals surface area (Å²) in [4.78, 5) is 19.7. The molecule has 0 spiro atoms. The summed E-state index contributed by atoms with van der Waals surface area (Å²) in [6.45, 7) is 4.12. The highest BCUT2D eigenvalue weighted by atomic mass is 16.7. The molecule has 0 aliphatic carbocycles. The lowest BCUT2D eigenvalue weighted by Crippen LogP contribution is -2.43. The van der Waals surface area contributed by atoms with Gasteiger partial charge in [0.2, 0.25) is 0 Å². The first-order valence-electron chi connectivity index (χ1n) is 19.1. The summed E-state index contributed by atoms with van der Waals surface area (Å²) in [5, 5.41) is 15.6. The number of nitrogens with zero attached hydrogens (tertiary/aromatic N) is 2. The number of ether oxygens (including phenoxy) is 3. The molecule has 9 nitrogen and oxygen atoms in total. The number of urea groups is 1. The zero-order chi connectivity index (χ0) is 38.7. The monoisotopic (exact) mass is 748 g/mol. The molecular weight excluding hydrogens is 701 g/mol. The number of carbonyl (C=O) groups is 1. The van der Waals surface area contributed by atoms with E-state index in [4.69, 9.17) is 14.2 Å². The zero-order valence-corrected chi connectivity index (χ0v) is 31.8. The number of aliphatic hydroxyl groups is 1. The fraction of sp³-hybridized carbons (Fsp3) is 0.234. The second-order valence-corrected chi connectivity index (χ2v) is 14.2. The third-order valence-corrected chi connectivity index (χ3v) is 10.1. The van der Waals surface area contributed by atoms with Crippen molar-refractivity contribution in [1.29, 1.82) is 0 Å². The summed E-state index contributed by atoms with van der Waals surface area (Å²) in [6.07, 6.45) is 1.82. The maximum atomic E-state index is 12.9. The standard InChI is InChI=1S/C47H48N4O5/c1-33-44(31-51(2)29-27-39-11-8-9-28-48-39)55-46(56-45(33)36-17-15-34(32-52)16-18-36)37-21-19-35(20-22-37)43-14-7-6-10-38(43)30-49-47(53)50-40-23-25-42(26-24-40)54-41-12-4-3-5-13-41/h3-26,28,33,44-46,52H,27,29-32H2,1-2H3,(H2,49,50,53). The topological polar surface area (TPSA) is 105 Å². The summed E-state index contributed by atoms with van der Waals surface area (Å²) in [7, 11) is 2.12. The van der Waals surface area contributed by atoms with Crippen molar-refractivity contribution in [3.05, 3.63) is 180 Å². The zero-order valence-electron chi connectivity index (χ0n) is 31.8. The van der Waals surface area contributed by atoms with Crippen LogP contribution in [0.3, 0.4) is 0 Å². The molecule has 2 heterocycles. The number of aliphatic hydroxyl groups excluding tert-OH is 1. The second kappa shape index (κ2) is 18.7. The fourth-order valence-electron chi connectivity index (χ4n) is 6.94. The molecule has 286 valence electrons. The summed E-state index contributed by atoms with van der Waals surface area (Å²) < 4.78 is 19.3. The van der Waals surface area contributed by atoms with Crippen molar-refractivity contribution in [1.82, 2.24) is 15.2 Å². The van der Waals surface area contributed by atoms with Crippen molar-refractivity contribution in [2.75, 3.05) is 25.5 Å². The van der Waals surface area contributed by atoms with Gasteiger partial charge in [-0.2, -0.15) is 0 Å². The minimum Gasteiger partial charge on any atom is -0.457 e. The number of carbonyl (C=O) groups excluding carboxylic acids is 1. The van der Waals surface area contributed by atoms with Crippen molar-refractivity contribution in [3.63, 3.8) is 0 Å². The van der Waals surface area contributed by atoms with Gasteiger partial charge in [-0.3, -0.25) is 4.98 Å². The highest BCUT2D eigenvalue weighted by Gasteiger charge is 2.38. The first kappa shape index (κ1) is 38.4. The van der Waals surface area contributed by atoms with Gasteiger partial charge in [0.25, 0.3) is 0 Å². The van der Waals surface area contributed by atoms with Crippen molar-refractivity contribution >= 4 is 11.7 Å². The Balaban J connectivity index is 1.01. The molecular formula is C47H48N4O5. The minimum absolute atomic E-state index is 0.00396. The Labute approximate surface area is 328 Å². The van der Waals surface area contributed by atoms with E-state index in [1.165, 1.54) is 0 Å². The molecule has 2 amide bonds. The Hall–Kier alpha value is -5.84. The molecule has 0 radical (unpaired) electrons. The Bertz CT molecular complexity index is 2130. The van der Waals surface area contributed by atoms with Gasteiger partial charge in [0, 0.05) is 55.1 Å². The predicted molar refractivity (Wildman–Crippen MR) is 219 cm³/mol. The largest absolute Gasteiger partial charge is 0.457 e. The normalized spacial score (nSPS) is 18.0. The van der Waals surface area contributed by atoms with E-state index in [0.717, 1.165) is 64.3 Å². The summed E-state index contributed by atoms with van der Waals surface area (Å²) in [6, 6.07) is 46.9. The summed E-state index contributed by atoms with van der Waals surface area (Å²) in [5.74, 6) is 1.51. The Morgan fingerprint density at radius 3 is 2.21 bits per heavy atom. The Morgan fingerprint density at radius 2 is 1.48 bits per heavy atom. The van der Waals surface area contributed by atoms with Crippen LogP contribution >= 0.6 is 0 Å². The van der Waals surface area contributed by atoms with Gasteiger partial charge in [-0.25, -0.2) is 4.79 Å². The number of aromatic nitrogens is 1. The van der Waals surface area contributed by atoms with Crippen molar-refractivity contribution < 1.29 is 24.1 Å². The van der Waals surface area contributed by atoms with Crippen molar-refractivity contribution in [2.24, 2.45) is 5.92 Å². The van der Waals surface area contributed by atoms with Gasteiger partial charge in [-0.15, -0.1) is 0 Å². The Morgan fingerprint density at radius 1 is 0.786 bits per heavy atom. The third kappa shape index (κ3) is 10.1. The number of nitrogens with one attached hydrogen (secondary N) is 2. The van der Waals surface area contributed by atoms with Gasteiger partial charge >= 0.3 is 6.03 Å². The van der Waals surface area contributed by atoms with Crippen LogP contribution in [0.5, 0.6) is 11.5 Å². The fourth-order valence-corrected chi connectivity index (χ4v) is 6.94. The lowest BCUT2D eigenvalue weighted by atomic mass is 9.90. The highest BCUT2D eigenvalue weighted by Crippen LogP contribution is 2.42. The molecule has 1 aliphatic rings. The van der Waals surface area contributed by atoms with E-state index in [9.17, 15) is 9.90 Å². The van der Waals surface area contributed by atoms with Crippen LogP contribution in [-0.2, 0) is 29.0 Å². The molecule has 4 atom stereocenters. The molecule has 56 heavy (non-hydrogen) atoms. The molecule has 1 aliphatic heterocycles. The average molecular weight is 749 g/mol. The minimum atomic E-state index is -0.573. The maximum Gasteiger partial charge on any atom is 0.319 e. The number of benzene rings is 5. The van der Waals surface area contributed by atoms with Gasteiger partial charge in [-0.05, 0) is 83.4 Å². The van der Waals surface area contributed by atoms with E-state index in [0.29, 0.717) is 18.0 Å². The molecule has 1 saturated heterocycles. The number of pyridine rings is 1. The maximum absolute atomic E-state index is 12.9. The molecule has 0 saturated carbocycles. The second-order valence-electron chi connectivity index (χ2n) is 14.2. The van der Waals surface area contributed by atoms with E-state index < -0.39 is 6.29 Å². The van der Waals surface area contributed by atoms with E-state index in [1.54, 1.807) is 0 Å². The van der Waals surface area contributed by atoms with E-state index >= 15 is 0 Å². The number of hydrogen-bond acceptors (Lipinski definition) is 7. The first-order valence-corrected chi connectivity index (χ1v) is 19.1. The molecule has 5 aromatic carbocycles. The highest BCUT2D eigenvalue weighted by molar-refractivity contribution is 5.89. The lowest BCUT2D eigenvalue weighted by molar-refractivity contribution is -0.275. The SMILES string of the molecule is CC1C(CN(C)CCc2ccccn2)OC(c2ccc(-c3ccccc3CNC(=O)Nc3ccc(Oc4ccccc4)cc3)cc2)OC1c1ccc(CO)cc1. The molecule has 1 fully saturated rings. The molecule has 7 rings (SSSR count). The molecule has 4 unspecified atom stereocenters. The van der Waals surface area contributed by atoms with E-state index in [-0.39, 0.29) is 30.8 Å². The number of rotatable bonds is 14. The number of likely N-dealkylation sites (N-methyl/N-ethyl adjacent to an activating group) is 1. The van der Waals surface area contributed by atoms with E-state index in [2.05, 4.69) is 70.9 Å². The van der Waals surface area contributed by atoms with Crippen LogP contribution in [-0.4, -0.2) is 47.3 Å². The smallest absolute Gasteiger partial charge is 0.319 e. The summed E-state index contributed by atoms with van der Waals surface area (Å²) >= 11 is 0. The van der Waals surface area contributed by atoms with Gasteiger partial charge in [0.15, 0.2) is 6.29 Å². The van der Waals surface area contributed by atoms with Crippen molar-refractivity contribution in [3.8, 4) is 22.6 Å². The average Bonchev–Trinajstić information content (AvgIpc) is 3.24. The van der Waals surface area contributed by atoms with Crippen LogP contribution in [0.1, 0.15) is 47.3 Å². The molecule has 1 aromatic heterocycles. The van der Waals surface area contributed by atoms with E-state index in [1.807, 2.05) is 115 Å². The van der Waals surface area contributed by atoms with Gasteiger partial charge in [-0.1, -0.05) is 104 Å². The number of anilines is 1. The number of para-hydroxylation sites is 1. The van der Waals surface area contributed by atoms with Crippen LogP contribution in [0.4, 0.5) is 10.5 Å². The first-order chi connectivity index (χ1) is 27.4. The molecule has 6 aromatic rings. The van der Waals surface area contributed by atoms with Crippen LogP contribution in [0, 0.1) is 5.92 Å². The third-order valence-electron chi connectivity index (χ3n) is 10.1. The molecule has 3 N–H and O–H groups in total. The number of amides is 2. The van der Waals surface area contributed by atoms with Crippen LogP contribution in [0.25, 0.3) is 11.1 Å². The van der Waals surface area contributed by atoms with Crippen molar-refractivity contribution in [2.45, 2.75) is 45.0 Å². The summed E-state index contributed by atoms with van der Waals surface area (Å²) in [5.41, 5.74) is 7.60. The van der Waals surface area contributed by atoms with Gasteiger partial charge in [0.05, 0.1) is 18.8 Å². The molecule has 9 heteroatoms. The molecule has 0 bridgehead atoms. The Kier molecular flexibility index (Phi) is 12.8. The van der Waals surface area contributed by atoms with Crippen LogP contribution in [0.15, 0.2) is 152 Å². The van der Waals surface area contributed by atoms with Gasteiger partial charge < -0.3 is 34.9 Å². The van der Waals surface area contributed by atoms with Crippen LogP contribution < -0.4 is 15.4 Å². The lowest BCUT2D eigenvalue weighted by Gasteiger charge is -2.42. The quantitative estimate of drug-likeness (QED) is 0.102. The van der Waals surface area contributed by atoms with Gasteiger partial charge in [0.1, 0.15) is 11.5 Å².